The molecule has 0 amide bonds. The third kappa shape index (κ3) is 4.46. The summed E-state index contributed by atoms with van der Waals surface area (Å²) in [5, 5.41) is 7.97. The van der Waals surface area contributed by atoms with Gasteiger partial charge in [0.15, 0.2) is 5.82 Å². The summed E-state index contributed by atoms with van der Waals surface area (Å²) in [7, 11) is -2.40. The minimum atomic E-state index is -3.98. The van der Waals surface area contributed by atoms with Crippen molar-refractivity contribution in [1.29, 1.82) is 0 Å². The zero-order chi connectivity index (χ0) is 22.7. The number of nitrogens with zero attached hydrogens (tertiary/aromatic N) is 3. The van der Waals surface area contributed by atoms with Gasteiger partial charge < -0.3 is 10.1 Å². The molecule has 164 valence electrons. The Kier molecular flexibility index (Phi) is 6.16. The van der Waals surface area contributed by atoms with E-state index < -0.39 is 10.0 Å². The summed E-state index contributed by atoms with van der Waals surface area (Å²) in [5.41, 5.74) is 2.42. The Morgan fingerprint density at radius 1 is 1.00 bits per heavy atom. The number of methoxy groups -OCH3 is 1. The average Bonchev–Trinajstić information content (AvgIpc) is 3.24. The van der Waals surface area contributed by atoms with Gasteiger partial charge in [-0.25, -0.2) is 0 Å². The smallest absolute Gasteiger partial charge is 0.286 e. The number of hydrogen-bond donors (Lipinski definition) is 1. The molecule has 1 heterocycles. The number of hydrogen-bond acceptors (Lipinski definition) is 6. The van der Waals surface area contributed by atoms with Crippen LogP contribution in [0.1, 0.15) is 11.1 Å². The lowest BCUT2D eigenvalue weighted by Crippen LogP contribution is -2.18. The highest BCUT2D eigenvalue weighted by molar-refractivity contribution is 7.90. The van der Waals surface area contributed by atoms with Crippen LogP contribution < -0.4 is 10.1 Å². The maximum Gasteiger partial charge on any atom is 0.286 e. The molecule has 1 N–H and O–H groups in total. The molecule has 0 saturated carbocycles. The van der Waals surface area contributed by atoms with Crippen LogP contribution in [0.25, 0.3) is 11.4 Å². The fourth-order valence-corrected chi connectivity index (χ4v) is 4.46. The van der Waals surface area contributed by atoms with Gasteiger partial charge in [0.05, 0.1) is 12.0 Å². The van der Waals surface area contributed by atoms with Gasteiger partial charge in [-0.15, -0.1) is 9.19 Å². The molecule has 0 saturated heterocycles. The summed E-state index contributed by atoms with van der Waals surface area (Å²) >= 11 is 6.25. The number of ether oxygens (including phenoxy) is 1. The molecule has 0 aliphatic carbocycles. The molecule has 0 unspecified atom stereocenters. The molecule has 0 bridgehead atoms. The van der Waals surface area contributed by atoms with E-state index in [1.807, 2.05) is 25.1 Å². The van der Waals surface area contributed by atoms with Crippen molar-refractivity contribution in [3.05, 3.63) is 88.9 Å². The first kappa shape index (κ1) is 21.9. The second kappa shape index (κ2) is 9.02. The quantitative estimate of drug-likeness (QED) is 0.420. The summed E-state index contributed by atoms with van der Waals surface area (Å²) in [4.78, 5) is 4.59. The van der Waals surface area contributed by atoms with Gasteiger partial charge in [0, 0.05) is 17.1 Å². The Hall–Kier alpha value is -3.36. The maximum absolute atomic E-state index is 13.4. The topological polar surface area (TPSA) is 86.1 Å². The van der Waals surface area contributed by atoms with Crippen molar-refractivity contribution >= 4 is 27.6 Å². The SMILES string of the molecule is COc1ccc(-c2nc(NCc3ccccc3Cl)n(S(=O)(=O)c3ccc(C)cc3)n2)cc1. The van der Waals surface area contributed by atoms with E-state index in [1.165, 1.54) is 0 Å². The van der Waals surface area contributed by atoms with Crippen LogP contribution in [-0.2, 0) is 16.6 Å². The van der Waals surface area contributed by atoms with Crippen molar-refractivity contribution in [3.63, 3.8) is 0 Å². The third-order valence-corrected chi connectivity index (χ3v) is 6.81. The van der Waals surface area contributed by atoms with E-state index in [2.05, 4.69) is 15.4 Å². The molecule has 0 radical (unpaired) electrons. The van der Waals surface area contributed by atoms with E-state index >= 15 is 0 Å². The first-order chi connectivity index (χ1) is 15.4. The van der Waals surface area contributed by atoms with Gasteiger partial charge in [-0.05, 0) is 55.0 Å². The zero-order valence-corrected chi connectivity index (χ0v) is 19.1. The van der Waals surface area contributed by atoms with Crippen LogP contribution in [0.2, 0.25) is 5.02 Å². The lowest BCUT2D eigenvalue weighted by molar-refractivity contribution is 0.415. The number of benzene rings is 3. The van der Waals surface area contributed by atoms with Crippen LogP contribution in [-0.4, -0.2) is 29.7 Å². The summed E-state index contributed by atoms with van der Waals surface area (Å²) in [6.45, 7) is 2.17. The molecule has 9 heteroatoms. The van der Waals surface area contributed by atoms with Gasteiger partial charge in [0.1, 0.15) is 5.75 Å². The molecule has 0 spiro atoms. The number of aryl methyl sites for hydroxylation is 1. The number of aromatic nitrogens is 3. The van der Waals surface area contributed by atoms with Crippen molar-refractivity contribution in [2.45, 2.75) is 18.4 Å². The fourth-order valence-electron chi connectivity index (χ4n) is 3.06. The van der Waals surface area contributed by atoms with Crippen LogP contribution in [0.3, 0.4) is 0 Å². The summed E-state index contributed by atoms with van der Waals surface area (Å²) in [6.07, 6.45) is 0. The number of anilines is 1. The van der Waals surface area contributed by atoms with Crippen LogP contribution in [0.4, 0.5) is 5.95 Å². The van der Waals surface area contributed by atoms with Gasteiger partial charge in [-0.2, -0.15) is 13.4 Å². The molecule has 7 nitrogen and oxygen atoms in total. The molecule has 1 aromatic heterocycles. The Balaban J connectivity index is 1.76. The Bertz CT molecular complexity index is 1330. The highest BCUT2D eigenvalue weighted by atomic mass is 35.5. The Morgan fingerprint density at radius 3 is 2.34 bits per heavy atom. The van der Waals surface area contributed by atoms with Gasteiger partial charge in [0.2, 0.25) is 5.95 Å². The number of halogens is 1. The first-order valence-electron chi connectivity index (χ1n) is 9.79. The molecule has 0 fully saturated rings. The standard InChI is InChI=1S/C23H21ClN4O3S/c1-16-7-13-20(14-8-16)32(29,30)28-23(25-15-18-5-3-4-6-21(18)24)26-22(27-28)17-9-11-19(31-2)12-10-17/h3-14H,15H2,1-2H3,(H,25,26,27). The highest BCUT2D eigenvalue weighted by Crippen LogP contribution is 2.25. The lowest BCUT2D eigenvalue weighted by atomic mass is 10.2. The average molecular weight is 469 g/mol. The first-order valence-corrected chi connectivity index (χ1v) is 11.6. The molecule has 4 aromatic rings. The zero-order valence-electron chi connectivity index (χ0n) is 17.5. The normalized spacial score (nSPS) is 11.3. The molecule has 3 aromatic carbocycles. The van der Waals surface area contributed by atoms with E-state index in [1.54, 1.807) is 61.7 Å². The molecule has 0 atom stereocenters. The van der Waals surface area contributed by atoms with Crippen LogP contribution in [0, 0.1) is 6.92 Å². The molecular formula is C23H21ClN4O3S. The van der Waals surface area contributed by atoms with E-state index in [0.717, 1.165) is 15.2 Å². The van der Waals surface area contributed by atoms with Crippen molar-refractivity contribution in [1.82, 2.24) is 14.2 Å². The summed E-state index contributed by atoms with van der Waals surface area (Å²) < 4.78 is 32.8. The minimum absolute atomic E-state index is 0.0938. The van der Waals surface area contributed by atoms with Crippen LogP contribution in [0.5, 0.6) is 5.75 Å². The molecular weight excluding hydrogens is 448 g/mol. The fraction of sp³-hybridized carbons (Fsp3) is 0.130. The van der Waals surface area contributed by atoms with E-state index in [-0.39, 0.29) is 23.2 Å². The van der Waals surface area contributed by atoms with Crippen molar-refractivity contribution in [3.8, 4) is 17.1 Å². The van der Waals surface area contributed by atoms with Crippen LogP contribution in [0.15, 0.2) is 77.7 Å². The minimum Gasteiger partial charge on any atom is -0.497 e. The van der Waals surface area contributed by atoms with E-state index in [4.69, 9.17) is 16.3 Å². The van der Waals surface area contributed by atoms with Gasteiger partial charge in [0.25, 0.3) is 10.0 Å². The lowest BCUT2D eigenvalue weighted by Gasteiger charge is -2.10. The van der Waals surface area contributed by atoms with Crippen molar-refractivity contribution in [2.75, 3.05) is 12.4 Å². The molecule has 0 aliphatic rings. The monoisotopic (exact) mass is 468 g/mol. The van der Waals surface area contributed by atoms with E-state index in [0.29, 0.717) is 16.3 Å². The van der Waals surface area contributed by atoms with E-state index in [9.17, 15) is 8.42 Å². The Morgan fingerprint density at radius 2 is 1.69 bits per heavy atom. The number of nitrogens with one attached hydrogen (secondary N) is 1. The van der Waals surface area contributed by atoms with Crippen molar-refractivity contribution in [2.24, 2.45) is 0 Å². The molecule has 0 aliphatic heterocycles. The maximum atomic E-state index is 13.4. The Labute approximate surface area is 191 Å². The van der Waals surface area contributed by atoms with Gasteiger partial charge >= 0.3 is 0 Å². The predicted molar refractivity (Wildman–Crippen MR) is 125 cm³/mol. The third-order valence-electron chi connectivity index (χ3n) is 4.87. The molecule has 32 heavy (non-hydrogen) atoms. The largest absolute Gasteiger partial charge is 0.497 e. The second-order valence-corrected chi connectivity index (χ2v) is 9.27. The summed E-state index contributed by atoms with van der Waals surface area (Å²) in [6, 6.07) is 21.0. The molecule has 4 rings (SSSR count). The number of rotatable bonds is 7. The summed E-state index contributed by atoms with van der Waals surface area (Å²) in [5.74, 6) is 1.04. The van der Waals surface area contributed by atoms with Crippen LogP contribution >= 0.6 is 11.6 Å². The predicted octanol–water partition coefficient (Wildman–Crippen LogP) is 4.76. The highest BCUT2D eigenvalue weighted by Gasteiger charge is 2.24. The second-order valence-electron chi connectivity index (χ2n) is 7.09. The van der Waals surface area contributed by atoms with Gasteiger partial charge in [-0.3, -0.25) is 0 Å². The van der Waals surface area contributed by atoms with Crippen molar-refractivity contribution < 1.29 is 13.2 Å². The van der Waals surface area contributed by atoms with Gasteiger partial charge in [-0.1, -0.05) is 47.5 Å².